The Morgan fingerprint density at radius 2 is 1.79 bits per heavy atom. The van der Waals surface area contributed by atoms with E-state index in [-0.39, 0.29) is 0 Å². The average Bonchev–Trinajstić information content (AvgIpc) is 3.08. The predicted molar refractivity (Wildman–Crippen MR) is 133 cm³/mol. The first-order valence-corrected chi connectivity index (χ1v) is 11.9. The summed E-state index contributed by atoms with van der Waals surface area (Å²) in [5, 5.41) is 3.34. The minimum Gasteiger partial charge on any atom is -0.491 e. The van der Waals surface area contributed by atoms with Gasteiger partial charge in [-0.15, -0.1) is 0 Å². The number of hydrogen-bond donors (Lipinski definition) is 1. The first-order chi connectivity index (χ1) is 16.7. The van der Waals surface area contributed by atoms with E-state index < -0.39 is 0 Å². The van der Waals surface area contributed by atoms with E-state index in [1.54, 1.807) is 6.20 Å². The zero-order valence-corrected chi connectivity index (χ0v) is 19.6. The maximum atomic E-state index is 6.21. The van der Waals surface area contributed by atoms with Gasteiger partial charge in [0.25, 0.3) is 0 Å². The zero-order valence-electron chi connectivity index (χ0n) is 19.6. The molecule has 1 fully saturated rings. The predicted octanol–water partition coefficient (Wildman–Crippen LogP) is 3.82. The average molecular weight is 462 g/mol. The number of benzene rings is 2. The minimum absolute atomic E-state index is 0.464. The molecular weight excluding hydrogens is 430 g/mol. The second-order valence-corrected chi connectivity index (χ2v) is 8.55. The number of nitrogens with zero attached hydrogens (tertiary/aromatic N) is 4. The summed E-state index contributed by atoms with van der Waals surface area (Å²) in [5.74, 6) is 2.15. The van der Waals surface area contributed by atoms with Gasteiger partial charge in [-0.3, -0.25) is 0 Å². The van der Waals surface area contributed by atoms with Gasteiger partial charge in [-0.2, -0.15) is 0 Å². The lowest BCUT2D eigenvalue weighted by atomic mass is 10.1. The third-order valence-corrected chi connectivity index (χ3v) is 6.04. The molecule has 0 unspecified atom stereocenters. The van der Waals surface area contributed by atoms with Crippen molar-refractivity contribution >= 4 is 17.3 Å². The quantitative estimate of drug-likeness (QED) is 0.587. The normalized spacial score (nSPS) is 17.5. The molecule has 178 valence electrons. The molecular formula is C26H31N5O3. The van der Waals surface area contributed by atoms with Crippen LogP contribution in [0.4, 0.5) is 17.3 Å². The van der Waals surface area contributed by atoms with Gasteiger partial charge in [0.2, 0.25) is 5.95 Å². The van der Waals surface area contributed by atoms with Crippen LogP contribution in [0.2, 0.25) is 0 Å². The first-order valence-electron chi connectivity index (χ1n) is 11.9. The largest absolute Gasteiger partial charge is 0.491 e. The molecule has 0 amide bonds. The Kier molecular flexibility index (Phi) is 7.07. The number of anilines is 3. The molecule has 3 heterocycles. The van der Waals surface area contributed by atoms with E-state index in [1.807, 2.05) is 36.4 Å². The molecule has 2 aromatic carbocycles. The number of aromatic nitrogens is 2. The minimum atomic E-state index is 0.464. The van der Waals surface area contributed by atoms with Crippen LogP contribution in [-0.4, -0.2) is 74.5 Å². The van der Waals surface area contributed by atoms with Gasteiger partial charge in [-0.25, -0.2) is 9.97 Å². The Bertz CT molecular complexity index is 1110. The summed E-state index contributed by atoms with van der Waals surface area (Å²) in [5.41, 5.74) is 3.78. The number of rotatable bonds is 1. The Labute approximate surface area is 200 Å². The Morgan fingerprint density at radius 1 is 0.882 bits per heavy atom. The molecule has 1 N–H and O–H groups in total. The van der Waals surface area contributed by atoms with E-state index >= 15 is 0 Å². The van der Waals surface area contributed by atoms with Crippen molar-refractivity contribution in [3.05, 3.63) is 54.7 Å². The van der Waals surface area contributed by atoms with Crippen LogP contribution in [-0.2, 0) is 4.74 Å². The Morgan fingerprint density at radius 3 is 2.74 bits per heavy atom. The SMILES string of the molecule is CN1CCCN(c2ccc3cc2OCCOCCOc2cccc(c2)-c2ccnc(n2)N3)CC1. The molecule has 0 spiro atoms. The summed E-state index contributed by atoms with van der Waals surface area (Å²) in [4.78, 5) is 13.9. The third kappa shape index (κ3) is 5.58. The van der Waals surface area contributed by atoms with Crippen molar-refractivity contribution < 1.29 is 14.2 Å². The van der Waals surface area contributed by atoms with Gasteiger partial charge >= 0.3 is 0 Å². The van der Waals surface area contributed by atoms with Crippen LogP contribution in [0.3, 0.4) is 0 Å². The van der Waals surface area contributed by atoms with Crippen LogP contribution < -0.4 is 19.7 Å². The van der Waals surface area contributed by atoms with E-state index in [9.17, 15) is 0 Å². The van der Waals surface area contributed by atoms with E-state index in [4.69, 9.17) is 19.2 Å². The maximum absolute atomic E-state index is 6.21. The van der Waals surface area contributed by atoms with Crippen LogP contribution in [0, 0.1) is 0 Å². The highest BCUT2D eigenvalue weighted by molar-refractivity contribution is 5.68. The van der Waals surface area contributed by atoms with Crippen molar-refractivity contribution in [2.24, 2.45) is 0 Å². The fourth-order valence-electron chi connectivity index (χ4n) is 4.24. The summed E-state index contributed by atoms with van der Waals surface area (Å²) >= 11 is 0. The molecule has 0 radical (unpaired) electrons. The lowest BCUT2D eigenvalue weighted by Gasteiger charge is -2.26. The van der Waals surface area contributed by atoms with Crippen molar-refractivity contribution in [1.29, 1.82) is 0 Å². The monoisotopic (exact) mass is 461 g/mol. The lowest BCUT2D eigenvalue weighted by molar-refractivity contribution is 0.0765. The lowest BCUT2D eigenvalue weighted by Crippen LogP contribution is -2.29. The van der Waals surface area contributed by atoms with Gasteiger partial charge < -0.3 is 29.3 Å². The molecule has 34 heavy (non-hydrogen) atoms. The standard InChI is InChI=1S/C26H31N5O3/c1-30-10-3-11-31(13-12-30)24-7-6-21-19-25(24)34-17-15-32-14-16-33-22-5-2-4-20(18-22)23-8-9-27-26(28-21)29-23/h2,4-9,18-19H,3,10-17H2,1H3,(H,27,28,29). The third-order valence-electron chi connectivity index (χ3n) is 6.04. The second kappa shape index (κ2) is 10.7. The molecule has 0 atom stereocenters. The fraction of sp³-hybridized carbons (Fsp3) is 0.385. The molecule has 2 aliphatic rings. The molecule has 6 bridgehead atoms. The van der Waals surface area contributed by atoms with E-state index in [2.05, 4.69) is 39.3 Å². The van der Waals surface area contributed by atoms with Gasteiger partial charge in [0, 0.05) is 43.1 Å². The number of nitrogens with one attached hydrogen (secondary N) is 1. The zero-order chi connectivity index (χ0) is 23.2. The molecule has 8 heteroatoms. The van der Waals surface area contributed by atoms with Gasteiger partial charge in [0.1, 0.15) is 24.7 Å². The summed E-state index contributed by atoms with van der Waals surface area (Å²) in [7, 11) is 2.18. The van der Waals surface area contributed by atoms with Crippen LogP contribution in [0.25, 0.3) is 11.3 Å². The van der Waals surface area contributed by atoms with E-state index in [0.29, 0.717) is 32.4 Å². The maximum Gasteiger partial charge on any atom is 0.227 e. The first kappa shape index (κ1) is 22.4. The summed E-state index contributed by atoms with van der Waals surface area (Å²) < 4.78 is 17.8. The number of fused-ring (bicyclic) bond motifs is 7. The molecule has 2 aliphatic heterocycles. The van der Waals surface area contributed by atoms with Crippen molar-refractivity contribution in [3.63, 3.8) is 0 Å². The number of likely N-dealkylation sites (N-methyl/N-ethyl adjacent to an activating group) is 1. The van der Waals surface area contributed by atoms with Crippen molar-refractivity contribution in [3.8, 4) is 22.8 Å². The molecule has 0 saturated carbocycles. The van der Waals surface area contributed by atoms with Gasteiger partial charge in [0.05, 0.1) is 24.6 Å². The Hall–Kier alpha value is -3.36. The smallest absolute Gasteiger partial charge is 0.227 e. The van der Waals surface area contributed by atoms with Crippen molar-refractivity contribution in [2.75, 3.05) is 69.9 Å². The molecule has 8 nitrogen and oxygen atoms in total. The van der Waals surface area contributed by atoms with Crippen molar-refractivity contribution in [1.82, 2.24) is 14.9 Å². The fourth-order valence-corrected chi connectivity index (χ4v) is 4.24. The van der Waals surface area contributed by atoms with E-state index in [1.165, 1.54) is 0 Å². The van der Waals surface area contributed by atoms with Gasteiger partial charge in [-0.1, -0.05) is 12.1 Å². The van der Waals surface area contributed by atoms with Crippen molar-refractivity contribution in [2.45, 2.75) is 6.42 Å². The van der Waals surface area contributed by atoms with Crippen LogP contribution in [0.1, 0.15) is 6.42 Å². The highest BCUT2D eigenvalue weighted by Crippen LogP contribution is 2.33. The van der Waals surface area contributed by atoms with Gasteiger partial charge in [0.15, 0.2) is 0 Å². The van der Waals surface area contributed by atoms with Crippen LogP contribution >= 0.6 is 0 Å². The second-order valence-electron chi connectivity index (χ2n) is 8.55. The molecule has 0 aliphatic carbocycles. The van der Waals surface area contributed by atoms with Gasteiger partial charge in [-0.05, 0) is 50.3 Å². The molecule has 3 aromatic rings. The summed E-state index contributed by atoms with van der Waals surface area (Å²) in [6.45, 7) is 6.05. The van der Waals surface area contributed by atoms with E-state index in [0.717, 1.165) is 66.7 Å². The number of ether oxygens (including phenoxy) is 3. The Balaban J connectivity index is 1.45. The summed E-state index contributed by atoms with van der Waals surface area (Å²) in [6, 6.07) is 16.0. The molecule has 5 rings (SSSR count). The molecule has 1 saturated heterocycles. The number of hydrogen-bond acceptors (Lipinski definition) is 8. The highest BCUT2D eigenvalue weighted by Gasteiger charge is 2.17. The van der Waals surface area contributed by atoms with Crippen LogP contribution in [0.15, 0.2) is 54.7 Å². The van der Waals surface area contributed by atoms with Crippen LogP contribution in [0.5, 0.6) is 11.5 Å². The summed E-state index contributed by atoms with van der Waals surface area (Å²) in [6.07, 6.45) is 2.89. The topological polar surface area (TPSA) is 72.0 Å². The highest BCUT2D eigenvalue weighted by atomic mass is 16.5. The molecule has 1 aromatic heterocycles.